The molecular weight excluding hydrogens is 400 g/mol. The molecule has 0 heterocycles. The summed E-state index contributed by atoms with van der Waals surface area (Å²) in [7, 11) is 0. The van der Waals surface area contributed by atoms with Gasteiger partial charge in [0.1, 0.15) is 6.61 Å². The number of aliphatic hydroxyl groups is 1. The first-order valence-corrected chi connectivity index (χ1v) is 9.77. The number of benzene rings is 2. The first kappa shape index (κ1) is 22.0. The molecular formula is C23H24N2O6. The predicted octanol–water partition coefficient (Wildman–Crippen LogP) is 2.03. The summed E-state index contributed by atoms with van der Waals surface area (Å²) in [6, 6.07) is 16.0. The van der Waals surface area contributed by atoms with Crippen LogP contribution in [0.3, 0.4) is 0 Å². The number of amides is 2. The highest BCUT2D eigenvalue weighted by molar-refractivity contribution is 5.93. The number of carboxylic acid groups (broad SMARTS) is 1. The first-order valence-electron chi connectivity index (χ1n) is 9.77. The minimum absolute atomic E-state index is 0.0208. The van der Waals surface area contributed by atoms with Gasteiger partial charge >= 0.3 is 12.1 Å². The molecule has 1 aliphatic carbocycles. The van der Waals surface area contributed by atoms with Crippen LogP contribution >= 0.6 is 0 Å². The summed E-state index contributed by atoms with van der Waals surface area (Å²) in [4.78, 5) is 34.9. The van der Waals surface area contributed by atoms with Crippen LogP contribution < -0.4 is 10.6 Å². The summed E-state index contributed by atoms with van der Waals surface area (Å²) >= 11 is 0. The van der Waals surface area contributed by atoms with E-state index in [1.807, 2.05) is 36.4 Å². The van der Waals surface area contributed by atoms with Crippen molar-refractivity contribution in [3.05, 3.63) is 71.8 Å². The standard InChI is InChI=1S/C23H24N2O6/c1-23(14-26,21(28)29)25-20(27)11-6-12-24-22(30)31-13-19-17-9-4-2-7-15(17)16-8-3-5-10-18(16)19/h2-11,19,26H,12-14H2,1H3,(H,24,30)(H,25,27)(H,28,29)/b11-6+. The van der Waals surface area contributed by atoms with E-state index in [1.165, 1.54) is 13.0 Å². The summed E-state index contributed by atoms with van der Waals surface area (Å²) in [5.41, 5.74) is 2.72. The van der Waals surface area contributed by atoms with E-state index in [1.54, 1.807) is 0 Å². The van der Waals surface area contributed by atoms with Gasteiger partial charge < -0.3 is 25.6 Å². The zero-order chi connectivity index (χ0) is 22.4. The average molecular weight is 424 g/mol. The fraction of sp³-hybridized carbons (Fsp3) is 0.261. The Bertz CT molecular complexity index is 973. The maximum Gasteiger partial charge on any atom is 0.407 e. The van der Waals surface area contributed by atoms with Crippen molar-refractivity contribution in [2.24, 2.45) is 0 Å². The third-order valence-corrected chi connectivity index (χ3v) is 5.16. The third-order valence-electron chi connectivity index (χ3n) is 5.16. The van der Waals surface area contributed by atoms with E-state index >= 15 is 0 Å². The van der Waals surface area contributed by atoms with E-state index in [0.29, 0.717) is 0 Å². The van der Waals surface area contributed by atoms with Gasteiger partial charge in [0, 0.05) is 18.5 Å². The predicted molar refractivity (Wildman–Crippen MR) is 113 cm³/mol. The van der Waals surface area contributed by atoms with Crippen molar-refractivity contribution in [3.63, 3.8) is 0 Å². The quantitative estimate of drug-likeness (QED) is 0.481. The molecule has 4 N–H and O–H groups in total. The molecule has 0 aliphatic heterocycles. The van der Waals surface area contributed by atoms with Crippen LogP contribution in [0.25, 0.3) is 11.1 Å². The molecule has 3 rings (SSSR count). The lowest BCUT2D eigenvalue weighted by molar-refractivity contribution is -0.148. The first-order chi connectivity index (χ1) is 14.9. The second-order valence-corrected chi connectivity index (χ2v) is 7.39. The van der Waals surface area contributed by atoms with Gasteiger partial charge in [-0.05, 0) is 29.2 Å². The number of aliphatic carboxylic acids is 1. The number of aliphatic hydroxyl groups excluding tert-OH is 1. The van der Waals surface area contributed by atoms with Gasteiger partial charge in [0.15, 0.2) is 5.54 Å². The number of carbonyl (C=O) groups is 3. The van der Waals surface area contributed by atoms with Gasteiger partial charge in [-0.1, -0.05) is 54.6 Å². The van der Waals surface area contributed by atoms with Gasteiger partial charge in [-0.15, -0.1) is 0 Å². The second kappa shape index (κ2) is 9.44. The zero-order valence-corrected chi connectivity index (χ0v) is 17.0. The fourth-order valence-corrected chi connectivity index (χ4v) is 3.43. The molecule has 8 heteroatoms. The average Bonchev–Trinajstić information content (AvgIpc) is 3.09. The van der Waals surface area contributed by atoms with E-state index in [9.17, 15) is 14.4 Å². The summed E-state index contributed by atoms with van der Waals surface area (Å²) in [6.07, 6.45) is 1.81. The highest BCUT2D eigenvalue weighted by Gasteiger charge is 2.33. The van der Waals surface area contributed by atoms with Crippen molar-refractivity contribution in [2.75, 3.05) is 19.8 Å². The minimum atomic E-state index is -1.78. The molecule has 31 heavy (non-hydrogen) atoms. The SMILES string of the molecule is CC(CO)(NC(=O)/C=C/CNC(=O)OCC1c2ccccc2-c2ccccc21)C(=O)O. The van der Waals surface area contributed by atoms with Crippen LogP contribution in [0.4, 0.5) is 4.79 Å². The van der Waals surface area contributed by atoms with Crippen LogP contribution in [0.5, 0.6) is 0 Å². The largest absolute Gasteiger partial charge is 0.479 e. The topological polar surface area (TPSA) is 125 Å². The van der Waals surface area contributed by atoms with Crippen LogP contribution in [0.1, 0.15) is 24.0 Å². The number of ether oxygens (including phenoxy) is 1. The van der Waals surface area contributed by atoms with Crippen LogP contribution in [-0.4, -0.2) is 53.5 Å². The van der Waals surface area contributed by atoms with Crippen molar-refractivity contribution in [1.82, 2.24) is 10.6 Å². The highest BCUT2D eigenvalue weighted by Crippen LogP contribution is 2.44. The Balaban J connectivity index is 1.50. The van der Waals surface area contributed by atoms with Crippen molar-refractivity contribution >= 4 is 18.0 Å². The second-order valence-electron chi connectivity index (χ2n) is 7.39. The Labute approximate surface area is 179 Å². The maximum absolute atomic E-state index is 12.1. The lowest BCUT2D eigenvalue weighted by Gasteiger charge is -2.22. The monoisotopic (exact) mass is 424 g/mol. The lowest BCUT2D eigenvalue weighted by Crippen LogP contribution is -2.54. The van der Waals surface area contributed by atoms with Crippen molar-refractivity contribution in [1.29, 1.82) is 0 Å². The molecule has 162 valence electrons. The lowest BCUT2D eigenvalue weighted by atomic mass is 9.98. The van der Waals surface area contributed by atoms with Crippen LogP contribution in [0.2, 0.25) is 0 Å². The van der Waals surface area contributed by atoms with Crippen LogP contribution in [0, 0.1) is 0 Å². The smallest absolute Gasteiger partial charge is 0.407 e. The zero-order valence-electron chi connectivity index (χ0n) is 17.0. The van der Waals surface area contributed by atoms with E-state index in [4.69, 9.17) is 14.9 Å². The Hall–Kier alpha value is -3.65. The summed E-state index contributed by atoms with van der Waals surface area (Å²) < 4.78 is 5.38. The summed E-state index contributed by atoms with van der Waals surface area (Å²) in [5, 5.41) is 22.9. The molecule has 2 aromatic carbocycles. The Morgan fingerprint density at radius 1 is 1.06 bits per heavy atom. The third kappa shape index (κ3) is 4.92. The fourth-order valence-electron chi connectivity index (χ4n) is 3.43. The number of hydrogen-bond acceptors (Lipinski definition) is 5. The molecule has 0 fully saturated rings. The molecule has 0 aromatic heterocycles. The number of carboxylic acids is 1. The van der Waals surface area contributed by atoms with E-state index in [0.717, 1.165) is 28.3 Å². The van der Waals surface area contributed by atoms with Gasteiger partial charge in [0.2, 0.25) is 5.91 Å². The summed E-state index contributed by atoms with van der Waals surface area (Å²) in [5.74, 6) is -2.10. The van der Waals surface area contributed by atoms with Gasteiger partial charge in [-0.3, -0.25) is 4.79 Å². The molecule has 0 saturated heterocycles. The number of hydrogen-bond donors (Lipinski definition) is 4. The molecule has 2 aromatic rings. The summed E-state index contributed by atoms with van der Waals surface area (Å²) in [6.45, 7) is 0.639. The van der Waals surface area contributed by atoms with E-state index in [2.05, 4.69) is 22.8 Å². The Morgan fingerprint density at radius 2 is 1.65 bits per heavy atom. The molecule has 8 nitrogen and oxygen atoms in total. The minimum Gasteiger partial charge on any atom is -0.479 e. The number of fused-ring (bicyclic) bond motifs is 3. The molecule has 0 saturated carbocycles. The van der Waals surface area contributed by atoms with Gasteiger partial charge in [0.25, 0.3) is 0 Å². The molecule has 0 bridgehead atoms. The molecule has 1 aliphatic rings. The molecule has 0 radical (unpaired) electrons. The number of rotatable bonds is 8. The Morgan fingerprint density at radius 3 is 2.19 bits per heavy atom. The van der Waals surface area contributed by atoms with Crippen LogP contribution in [0.15, 0.2) is 60.7 Å². The van der Waals surface area contributed by atoms with E-state index < -0.39 is 30.1 Å². The Kier molecular flexibility index (Phi) is 6.71. The van der Waals surface area contributed by atoms with E-state index in [-0.39, 0.29) is 19.1 Å². The van der Waals surface area contributed by atoms with Gasteiger partial charge in [0.05, 0.1) is 6.61 Å². The van der Waals surface area contributed by atoms with Crippen LogP contribution in [-0.2, 0) is 14.3 Å². The number of carbonyl (C=O) groups excluding carboxylic acids is 2. The van der Waals surface area contributed by atoms with Gasteiger partial charge in [-0.25, -0.2) is 9.59 Å². The molecule has 2 amide bonds. The molecule has 0 spiro atoms. The maximum atomic E-state index is 12.1. The molecule has 1 unspecified atom stereocenters. The van der Waals surface area contributed by atoms with Gasteiger partial charge in [-0.2, -0.15) is 0 Å². The number of alkyl carbamates (subject to hydrolysis) is 1. The van der Waals surface area contributed by atoms with Crippen molar-refractivity contribution < 1.29 is 29.3 Å². The van der Waals surface area contributed by atoms with Crippen molar-refractivity contribution in [3.8, 4) is 11.1 Å². The number of nitrogens with one attached hydrogen (secondary N) is 2. The normalized spacial score (nSPS) is 14.4. The highest BCUT2D eigenvalue weighted by atomic mass is 16.5. The molecule has 1 atom stereocenters. The van der Waals surface area contributed by atoms with Crippen molar-refractivity contribution in [2.45, 2.75) is 18.4 Å².